The van der Waals surface area contributed by atoms with Gasteiger partial charge in [-0.1, -0.05) is 0 Å². The fourth-order valence-electron chi connectivity index (χ4n) is 2.46. The SMILES string of the molecule is NC(=O)[C@@H]1CCN(c2ccnc3cc(Br)cnc23)C1. The molecule has 1 saturated heterocycles. The summed E-state index contributed by atoms with van der Waals surface area (Å²) < 4.78 is 0.904. The lowest BCUT2D eigenvalue weighted by molar-refractivity contribution is -0.121. The first kappa shape index (κ1) is 12.3. The maximum absolute atomic E-state index is 11.2. The summed E-state index contributed by atoms with van der Waals surface area (Å²) in [6, 6.07) is 3.88. The molecule has 3 heterocycles. The lowest BCUT2D eigenvalue weighted by atomic mass is 10.1. The number of halogens is 1. The van der Waals surface area contributed by atoms with Crippen LogP contribution in [0.5, 0.6) is 0 Å². The van der Waals surface area contributed by atoms with Crippen molar-refractivity contribution in [2.45, 2.75) is 6.42 Å². The van der Waals surface area contributed by atoms with E-state index in [1.807, 2.05) is 12.1 Å². The van der Waals surface area contributed by atoms with Crippen LogP contribution in [0.15, 0.2) is 29.0 Å². The van der Waals surface area contributed by atoms with Crippen molar-refractivity contribution in [2.24, 2.45) is 11.7 Å². The van der Waals surface area contributed by atoms with Gasteiger partial charge < -0.3 is 10.6 Å². The minimum absolute atomic E-state index is 0.0707. The van der Waals surface area contributed by atoms with Gasteiger partial charge in [0, 0.05) is 30.0 Å². The van der Waals surface area contributed by atoms with Gasteiger partial charge in [-0.25, -0.2) is 0 Å². The standard InChI is InChI=1S/C13H13BrN4O/c14-9-5-10-12(17-6-9)11(1-3-16-10)18-4-2-8(7-18)13(15)19/h1,3,5-6,8H,2,4,7H2,(H2,15,19)/t8-/m1/s1. The van der Waals surface area contributed by atoms with Crippen molar-refractivity contribution < 1.29 is 4.79 Å². The predicted octanol–water partition coefficient (Wildman–Crippen LogP) is 1.70. The number of amides is 1. The number of anilines is 1. The Morgan fingerprint density at radius 3 is 3.05 bits per heavy atom. The third kappa shape index (κ3) is 2.28. The molecule has 0 bridgehead atoms. The van der Waals surface area contributed by atoms with Crippen molar-refractivity contribution in [2.75, 3.05) is 18.0 Å². The number of pyridine rings is 2. The molecule has 1 amide bonds. The first-order valence-electron chi connectivity index (χ1n) is 6.09. The highest BCUT2D eigenvalue weighted by Crippen LogP contribution is 2.29. The van der Waals surface area contributed by atoms with Crippen LogP contribution in [0.1, 0.15) is 6.42 Å². The number of carbonyl (C=O) groups excluding carboxylic acids is 1. The van der Waals surface area contributed by atoms with Gasteiger partial charge in [0.25, 0.3) is 0 Å². The average Bonchev–Trinajstić information content (AvgIpc) is 2.87. The summed E-state index contributed by atoms with van der Waals surface area (Å²) in [5.74, 6) is -0.296. The molecule has 98 valence electrons. The van der Waals surface area contributed by atoms with Crippen molar-refractivity contribution in [3.8, 4) is 0 Å². The number of rotatable bonds is 2. The van der Waals surface area contributed by atoms with Gasteiger partial charge in [0.05, 0.1) is 17.1 Å². The monoisotopic (exact) mass is 320 g/mol. The number of carbonyl (C=O) groups is 1. The van der Waals surface area contributed by atoms with Crippen LogP contribution in [0.2, 0.25) is 0 Å². The zero-order chi connectivity index (χ0) is 13.4. The third-order valence-electron chi connectivity index (χ3n) is 3.45. The molecule has 1 atom stereocenters. The fourth-order valence-corrected chi connectivity index (χ4v) is 2.78. The topological polar surface area (TPSA) is 72.1 Å². The molecule has 1 fully saturated rings. The summed E-state index contributed by atoms with van der Waals surface area (Å²) in [7, 11) is 0. The smallest absolute Gasteiger partial charge is 0.222 e. The Morgan fingerprint density at radius 2 is 2.32 bits per heavy atom. The second kappa shape index (κ2) is 4.77. The molecule has 1 aliphatic heterocycles. The third-order valence-corrected chi connectivity index (χ3v) is 3.89. The van der Waals surface area contributed by atoms with Gasteiger partial charge in [-0.15, -0.1) is 0 Å². The maximum Gasteiger partial charge on any atom is 0.222 e. The highest BCUT2D eigenvalue weighted by molar-refractivity contribution is 9.10. The van der Waals surface area contributed by atoms with E-state index in [0.29, 0.717) is 6.54 Å². The number of hydrogen-bond donors (Lipinski definition) is 1. The normalized spacial score (nSPS) is 19.0. The van der Waals surface area contributed by atoms with Crippen molar-refractivity contribution in [3.05, 3.63) is 29.0 Å². The summed E-state index contributed by atoms with van der Waals surface area (Å²) in [5.41, 5.74) is 8.09. The van der Waals surface area contributed by atoms with Gasteiger partial charge in [-0.2, -0.15) is 0 Å². The van der Waals surface area contributed by atoms with Crippen LogP contribution in [0.3, 0.4) is 0 Å². The molecule has 0 aromatic carbocycles. The average molecular weight is 321 g/mol. The van der Waals surface area contributed by atoms with Crippen molar-refractivity contribution in [3.63, 3.8) is 0 Å². The van der Waals surface area contributed by atoms with Crippen LogP contribution in [0.25, 0.3) is 11.0 Å². The predicted molar refractivity (Wildman–Crippen MR) is 76.8 cm³/mol. The van der Waals surface area contributed by atoms with Crippen LogP contribution < -0.4 is 10.6 Å². The largest absolute Gasteiger partial charge is 0.369 e. The quantitative estimate of drug-likeness (QED) is 0.914. The number of primary amides is 1. The highest BCUT2D eigenvalue weighted by Gasteiger charge is 2.27. The van der Waals surface area contributed by atoms with Crippen molar-refractivity contribution >= 4 is 38.6 Å². The highest BCUT2D eigenvalue weighted by atomic mass is 79.9. The maximum atomic E-state index is 11.2. The Labute approximate surface area is 119 Å². The van der Waals surface area contributed by atoms with Gasteiger partial charge in [-0.3, -0.25) is 14.8 Å². The van der Waals surface area contributed by atoms with Crippen molar-refractivity contribution in [1.82, 2.24) is 9.97 Å². The van der Waals surface area contributed by atoms with Crippen molar-refractivity contribution in [1.29, 1.82) is 0 Å². The second-order valence-electron chi connectivity index (χ2n) is 4.69. The first-order valence-corrected chi connectivity index (χ1v) is 6.89. The van der Waals surface area contributed by atoms with E-state index in [1.165, 1.54) is 0 Å². The van der Waals surface area contributed by atoms with E-state index in [9.17, 15) is 4.79 Å². The van der Waals surface area contributed by atoms with E-state index in [-0.39, 0.29) is 11.8 Å². The molecule has 0 spiro atoms. The first-order chi connectivity index (χ1) is 9.15. The molecular formula is C13H13BrN4O. The summed E-state index contributed by atoms with van der Waals surface area (Å²) in [6.07, 6.45) is 4.33. The molecule has 1 aliphatic rings. The van der Waals surface area contributed by atoms with Gasteiger partial charge in [0.2, 0.25) is 5.91 Å². The number of nitrogens with zero attached hydrogens (tertiary/aromatic N) is 3. The summed E-state index contributed by atoms with van der Waals surface area (Å²) in [5, 5.41) is 0. The number of fused-ring (bicyclic) bond motifs is 1. The zero-order valence-electron chi connectivity index (χ0n) is 10.2. The fraction of sp³-hybridized carbons (Fsp3) is 0.308. The van der Waals surface area contributed by atoms with Crippen LogP contribution >= 0.6 is 15.9 Å². The van der Waals surface area contributed by atoms with E-state index in [0.717, 1.165) is 34.2 Å². The van der Waals surface area contributed by atoms with Crippen LogP contribution in [0, 0.1) is 5.92 Å². The molecule has 5 nitrogen and oxygen atoms in total. The van der Waals surface area contributed by atoms with Gasteiger partial charge in [0.1, 0.15) is 5.52 Å². The van der Waals surface area contributed by atoms with Crippen LogP contribution in [0.4, 0.5) is 5.69 Å². The number of hydrogen-bond acceptors (Lipinski definition) is 4. The molecule has 0 radical (unpaired) electrons. The minimum atomic E-state index is -0.225. The summed E-state index contributed by atoms with van der Waals surface area (Å²) >= 11 is 3.39. The molecule has 2 aromatic rings. The molecular weight excluding hydrogens is 308 g/mol. The lowest BCUT2D eigenvalue weighted by Gasteiger charge is -2.19. The lowest BCUT2D eigenvalue weighted by Crippen LogP contribution is -2.27. The Balaban J connectivity index is 2.00. The summed E-state index contributed by atoms with van der Waals surface area (Å²) in [4.78, 5) is 22.1. The molecule has 6 heteroatoms. The molecule has 2 N–H and O–H groups in total. The van der Waals surface area contributed by atoms with E-state index >= 15 is 0 Å². The molecule has 2 aromatic heterocycles. The second-order valence-corrected chi connectivity index (χ2v) is 5.60. The van der Waals surface area contributed by atoms with Gasteiger partial charge >= 0.3 is 0 Å². The molecule has 3 rings (SSSR count). The Morgan fingerprint density at radius 1 is 1.47 bits per heavy atom. The van der Waals surface area contributed by atoms with E-state index < -0.39 is 0 Å². The Bertz CT molecular complexity index is 646. The zero-order valence-corrected chi connectivity index (χ0v) is 11.8. The van der Waals surface area contributed by atoms with Crippen LogP contribution in [-0.4, -0.2) is 29.0 Å². The van der Waals surface area contributed by atoms with Crippen LogP contribution in [-0.2, 0) is 4.79 Å². The van der Waals surface area contributed by atoms with Gasteiger partial charge in [0.15, 0.2) is 0 Å². The Kier molecular flexibility index (Phi) is 3.10. The minimum Gasteiger partial charge on any atom is -0.369 e. The van der Waals surface area contributed by atoms with E-state index in [4.69, 9.17) is 5.73 Å². The number of aromatic nitrogens is 2. The van der Waals surface area contributed by atoms with E-state index in [2.05, 4.69) is 30.8 Å². The molecule has 0 saturated carbocycles. The molecule has 0 unspecified atom stereocenters. The van der Waals surface area contributed by atoms with E-state index in [1.54, 1.807) is 12.4 Å². The molecule has 19 heavy (non-hydrogen) atoms. The summed E-state index contributed by atoms with van der Waals surface area (Å²) in [6.45, 7) is 1.48. The van der Waals surface area contributed by atoms with Gasteiger partial charge in [-0.05, 0) is 34.5 Å². The number of nitrogens with two attached hydrogens (primary N) is 1. The Hall–Kier alpha value is -1.69. The molecule has 0 aliphatic carbocycles.